The van der Waals surface area contributed by atoms with Crippen LogP contribution >= 0.6 is 0 Å². The second-order valence-corrected chi connectivity index (χ2v) is 6.35. The summed E-state index contributed by atoms with van der Waals surface area (Å²) in [7, 11) is 0. The van der Waals surface area contributed by atoms with Gasteiger partial charge in [0.05, 0.1) is 12.1 Å². The maximum absolute atomic E-state index is 12.3. The average Bonchev–Trinajstić information content (AvgIpc) is 3.22. The molecule has 0 aromatic carbocycles. The van der Waals surface area contributed by atoms with Crippen LogP contribution in [0.1, 0.15) is 57.4 Å². The van der Waals surface area contributed by atoms with Crippen LogP contribution in [0.15, 0.2) is 12.4 Å². The molecule has 6 heteroatoms. The second-order valence-electron chi connectivity index (χ2n) is 6.35. The summed E-state index contributed by atoms with van der Waals surface area (Å²) in [4.78, 5) is 16.7. The normalized spacial score (nSPS) is 28.0. The summed E-state index contributed by atoms with van der Waals surface area (Å²) in [5.74, 6) is 1.00. The molecule has 6 nitrogen and oxygen atoms in total. The number of amides is 1. The summed E-state index contributed by atoms with van der Waals surface area (Å²) in [5.41, 5.74) is 0. The molecule has 23 heavy (non-hydrogen) atoms. The van der Waals surface area contributed by atoms with Gasteiger partial charge < -0.3 is 19.4 Å². The van der Waals surface area contributed by atoms with Crippen molar-refractivity contribution in [3.05, 3.63) is 18.2 Å². The lowest BCUT2D eigenvalue weighted by atomic mass is 10.0. The lowest BCUT2D eigenvalue weighted by molar-refractivity contribution is -0.123. The standard InChI is InChI=1S/C17H27N3O3/c1-2-20-10-9-18-17(20)16-14(8-12-23-16)19-15(21)7-6-13-5-3-4-11-22-13/h9-10,13-14,16H,2-8,11-12H2,1H3,(H,19,21)/t13-,14+,16+/m1/s1. The molecule has 2 aliphatic heterocycles. The van der Waals surface area contributed by atoms with E-state index in [2.05, 4.69) is 21.8 Å². The Morgan fingerprint density at radius 1 is 1.35 bits per heavy atom. The van der Waals surface area contributed by atoms with Crippen LogP contribution in [-0.2, 0) is 20.8 Å². The Morgan fingerprint density at radius 3 is 3.04 bits per heavy atom. The van der Waals surface area contributed by atoms with Gasteiger partial charge >= 0.3 is 0 Å². The van der Waals surface area contributed by atoms with Crippen LogP contribution in [0.25, 0.3) is 0 Å². The van der Waals surface area contributed by atoms with E-state index in [9.17, 15) is 4.79 Å². The molecule has 0 aliphatic carbocycles. The number of rotatable bonds is 6. The molecular formula is C17H27N3O3. The lowest BCUT2D eigenvalue weighted by Gasteiger charge is -2.23. The molecule has 0 radical (unpaired) electrons. The highest BCUT2D eigenvalue weighted by molar-refractivity contribution is 5.76. The molecule has 1 amide bonds. The molecule has 1 aromatic rings. The van der Waals surface area contributed by atoms with Crippen LogP contribution in [0.5, 0.6) is 0 Å². The predicted octanol–water partition coefficient (Wildman–Crippen LogP) is 2.20. The monoisotopic (exact) mass is 321 g/mol. The van der Waals surface area contributed by atoms with E-state index in [1.165, 1.54) is 6.42 Å². The zero-order chi connectivity index (χ0) is 16.1. The van der Waals surface area contributed by atoms with Gasteiger partial charge in [-0.25, -0.2) is 4.98 Å². The van der Waals surface area contributed by atoms with Gasteiger partial charge in [-0.2, -0.15) is 0 Å². The first-order chi connectivity index (χ1) is 11.3. The van der Waals surface area contributed by atoms with E-state index in [0.29, 0.717) is 13.0 Å². The van der Waals surface area contributed by atoms with Gasteiger partial charge in [0.25, 0.3) is 0 Å². The van der Waals surface area contributed by atoms with Crippen molar-refractivity contribution in [3.8, 4) is 0 Å². The first-order valence-corrected chi connectivity index (χ1v) is 8.81. The van der Waals surface area contributed by atoms with E-state index >= 15 is 0 Å². The first-order valence-electron chi connectivity index (χ1n) is 8.81. The minimum atomic E-state index is -0.139. The summed E-state index contributed by atoms with van der Waals surface area (Å²) in [5, 5.41) is 3.14. The average molecular weight is 321 g/mol. The summed E-state index contributed by atoms with van der Waals surface area (Å²) in [6.45, 7) is 4.44. The van der Waals surface area contributed by atoms with Crippen LogP contribution in [0.3, 0.4) is 0 Å². The van der Waals surface area contributed by atoms with Gasteiger partial charge in [0.1, 0.15) is 11.9 Å². The maximum atomic E-state index is 12.3. The molecule has 3 heterocycles. The van der Waals surface area contributed by atoms with E-state index in [4.69, 9.17) is 9.47 Å². The van der Waals surface area contributed by atoms with Crippen molar-refractivity contribution in [2.75, 3.05) is 13.2 Å². The lowest BCUT2D eigenvalue weighted by Crippen LogP contribution is -2.38. The number of hydrogen-bond acceptors (Lipinski definition) is 4. The van der Waals surface area contributed by atoms with Crippen LogP contribution in [0, 0.1) is 0 Å². The number of aryl methyl sites for hydroxylation is 1. The number of carbonyl (C=O) groups is 1. The molecule has 0 unspecified atom stereocenters. The molecule has 128 valence electrons. The molecule has 2 saturated heterocycles. The van der Waals surface area contributed by atoms with E-state index < -0.39 is 0 Å². The van der Waals surface area contributed by atoms with Crippen LogP contribution < -0.4 is 5.32 Å². The van der Waals surface area contributed by atoms with E-state index in [0.717, 1.165) is 44.7 Å². The smallest absolute Gasteiger partial charge is 0.220 e. The third-order valence-corrected chi connectivity index (χ3v) is 4.75. The Hall–Kier alpha value is -1.40. The minimum Gasteiger partial charge on any atom is -0.378 e. The van der Waals surface area contributed by atoms with Crippen molar-refractivity contribution in [1.29, 1.82) is 0 Å². The highest BCUT2D eigenvalue weighted by Gasteiger charge is 2.33. The van der Waals surface area contributed by atoms with Crippen LogP contribution in [0.2, 0.25) is 0 Å². The number of imidazole rings is 1. The molecule has 1 aromatic heterocycles. The number of ether oxygens (including phenoxy) is 2. The number of aromatic nitrogens is 2. The van der Waals surface area contributed by atoms with Crippen molar-refractivity contribution in [2.45, 2.75) is 70.2 Å². The molecule has 3 atom stereocenters. The molecule has 0 spiro atoms. The third-order valence-electron chi connectivity index (χ3n) is 4.75. The number of nitrogens with zero attached hydrogens (tertiary/aromatic N) is 2. The molecule has 2 aliphatic rings. The summed E-state index contributed by atoms with van der Waals surface area (Å²) >= 11 is 0. The third kappa shape index (κ3) is 4.12. The molecule has 3 rings (SSSR count). The maximum Gasteiger partial charge on any atom is 0.220 e. The minimum absolute atomic E-state index is 0.0162. The van der Waals surface area contributed by atoms with Gasteiger partial charge in [0, 0.05) is 38.6 Å². The van der Waals surface area contributed by atoms with Gasteiger partial charge in [0.15, 0.2) is 0 Å². The highest BCUT2D eigenvalue weighted by Crippen LogP contribution is 2.28. The summed E-state index contributed by atoms with van der Waals surface area (Å²) in [6, 6.07) is 0.0162. The van der Waals surface area contributed by atoms with Crippen molar-refractivity contribution >= 4 is 5.91 Å². The summed E-state index contributed by atoms with van der Waals surface area (Å²) < 4.78 is 13.6. The van der Waals surface area contributed by atoms with Gasteiger partial charge in [-0.05, 0) is 39.0 Å². The molecule has 0 bridgehead atoms. The zero-order valence-corrected chi connectivity index (χ0v) is 13.9. The fourth-order valence-electron chi connectivity index (χ4n) is 3.44. The SMILES string of the molecule is CCn1ccnc1[C@H]1OCC[C@@H]1NC(=O)CC[C@H]1CCCCO1. The van der Waals surface area contributed by atoms with Crippen LogP contribution in [0.4, 0.5) is 0 Å². The Labute approximate surface area is 137 Å². The molecule has 2 fully saturated rings. The molecule has 0 saturated carbocycles. The fraction of sp³-hybridized carbons (Fsp3) is 0.765. The van der Waals surface area contributed by atoms with Crippen molar-refractivity contribution in [3.63, 3.8) is 0 Å². The fourth-order valence-corrected chi connectivity index (χ4v) is 3.44. The topological polar surface area (TPSA) is 65.4 Å². The van der Waals surface area contributed by atoms with Gasteiger partial charge in [-0.3, -0.25) is 4.79 Å². The second kappa shape index (κ2) is 7.93. The summed E-state index contributed by atoms with van der Waals surface area (Å²) in [6.07, 6.45) is 9.48. The van der Waals surface area contributed by atoms with E-state index in [1.807, 2.05) is 6.20 Å². The number of hydrogen-bond donors (Lipinski definition) is 1. The van der Waals surface area contributed by atoms with E-state index in [1.54, 1.807) is 6.20 Å². The van der Waals surface area contributed by atoms with E-state index in [-0.39, 0.29) is 24.2 Å². The Balaban J connectivity index is 1.51. The predicted molar refractivity (Wildman–Crippen MR) is 86.0 cm³/mol. The number of carbonyl (C=O) groups excluding carboxylic acids is 1. The van der Waals surface area contributed by atoms with Crippen LogP contribution in [-0.4, -0.2) is 40.8 Å². The van der Waals surface area contributed by atoms with Crippen molar-refractivity contribution in [2.24, 2.45) is 0 Å². The van der Waals surface area contributed by atoms with Crippen molar-refractivity contribution < 1.29 is 14.3 Å². The van der Waals surface area contributed by atoms with Gasteiger partial charge in [-0.15, -0.1) is 0 Å². The van der Waals surface area contributed by atoms with Crippen molar-refractivity contribution in [1.82, 2.24) is 14.9 Å². The Morgan fingerprint density at radius 2 is 2.26 bits per heavy atom. The Kier molecular flexibility index (Phi) is 5.67. The highest BCUT2D eigenvalue weighted by atomic mass is 16.5. The largest absolute Gasteiger partial charge is 0.378 e. The van der Waals surface area contributed by atoms with Gasteiger partial charge in [-0.1, -0.05) is 0 Å². The first kappa shape index (κ1) is 16.5. The molecular weight excluding hydrogens is 294 g/mol. The number of nitrogens with one attached hydrogen (secondary N) is 1. The zero-order valence-electron chi connectivity index (χ0n) is 13.9. The van der Waals surface area contributed by atoms with Gasteiger partial charge in [0.2, 0.25) is 5.91 Å². The Bertz CT molecular complexity index is 511. The molecule has 1 N–H and O–H groups in total. The quantitative estimate of drug-likeness (QED) is 0.872.